The number of phenolic OH excluding ortho intramolecular Hbond substituents is 1. The van der Waals surface area contributed by atoms with E-state index in [1.807, 2.05) is 48.3 Å². The van der Waals surface area contributed by atoms with Crippen LogP contribution in [0.2, 0.25) is 0 Å². The van der Waals surface area contributed by atoms with Gasteiger partial charge in [-0.2, -0.15) is 5.10 Å². The standard InChI is InChI=1S/C23H21N3O3/c1-2-28-21-8-4-7-18-20-14-19(16-5-3-6-17(27)13-16)25-26(20)23(29-22(18)21)15-9-11-24-12-10-15/h3-13,20,23,27H,2,14H2,1H3/t20-,23+/m1/s1. The van der Waals surface area contributed by atoms with Gasteiger partial charge in [-0.3, -0.25) is 4.98 Å². The molecule has 146 valence electrons. The molecule has 0 saturated carbocycles. The Morgan fingerprint density at radius 3 is 2.76 bits per heavy atom. The molecule has 0 radical (unpaired) electrons. The molecule has 1 N–H and O–H groups in total. The van der Waals surface area contributed by atoms with Crippen LogP contribution in [0.3, 0.4) is 0 Å². The maximum Gasteiger partial charge on any atom is 0.214 e. The molecule has 0 amide bonds. The monoisotopic (exact) mass is 387 g/mol. The Morgan fingerprint density at radius 2 is 1.97 bits per heavy atom. The van der Waals surface area contributed by atoms with Crippen molar-refractivity contribution in [3.63, 3.8) is 0 Å². The fourth-order valence-electron chi connectivity index (χ4n) is 3.96. The molecule has 3 heterocycles. The predicted octanol–water partition coefficient (Wildman–Crippen LogP) is 4.43. The van der Waals surface area contributed by atoms with Crippen LogP contribution < -0.4 is 9.47 Å². The molecule has 0 saturated heterocycles. The second kappa shape index (κ2) is 7.13. The number of pyridine rings is 1. The first-order valence-electron chi connectivity index (χ1n) is 9.72. The number of hydrogen-bond donors (Lipinski definition) is 1. The summed E-state index contributed by atoms with van der Waals surface area (Å²) >= 11 is 0. The first-order valence-corrected chi connectivity index (χ1v) is 9.72. The van der Waals surface area contributed by atoms with Crippen molar-refractivity contribution in [3.05, 3.63) is 83.7 Å². The van der Waals surface area contributed by atoms with E-state index in [1.54, 1.807) is 24.5 Å². The molecule has 6 heteroatoms. The number of benzene rings is 2. The number of nitrogens with zero attached hydrogens (tertiary/aromatic N) is 3. The molecule has 29 heavy (non-hydrogen) atoms. The molecule has 2 aliphatic rings. The summed E-state index contributed by atoms with van der Waals surface area (Å²) in [5.74, 6) is 1.75. The zero-order valence-corrected chi connectivity index (χ0v) is 16.0. The van der Waals surface area contributed by atoms with Crippen LogP contribution in [0.5, 0.6) is 17.2 Å². The number of phenols is 1. The fraction of sp³-hybridized carbons (Fsp3) is 0.217. The van der Waals surface area contributed by atoms with Gasteiger partial charge in [-0.05, 0) is 37.3 Å². The quantitative estimate of drug-likeness (QED) is 0.717. The number of fused-ring (bicyclic) bond motifs is 3. The number of rotatable bonds is 4. The lowest BCUT2D eigenvalue weighted by Gasteiger charge is -2.38. The van der Waals surface area contributed by atoms with E-state index < -0.39 is 0 Å². The van der Waals surface area contributed by atoms with Gasteiger partial charge in [0, 0.05) is 35.5 Å². The Morgan fingerprint density at radius 1 is 1.14 bits per heavy atom. The van der Waals surface area contributed by atoms with Gasteiger partial charge in [0.15, 0.2) is 11.5 Å². The lowest BCUT2D eigenvalue weighted by atomic mass is 9.95. The van der Waals surface area contributed by atoms with Gasteiger partial charge < -0.3 is 14.6 Å². The van der Waals surface area contributed by atoms with Gasteiger partial charge in [0.2, 0.25) is 6.23 Å². The van der Waals surface area contributed by atoms with Crippen molar-refractivity contribution < 1.29 is 14.6 Å². The van der Waals surface area contributed by atoms with Crippen LogP contribution in [-0.4, -0.2) is 27.4 Å². The molecule has 2 aliphatic heterocycles. The number of hydrogen-bond acceptors (Lipinski definition) is 6. The average molecular weight is 387 g/mol. The van der Waals surface area contributed by atoms with Gasteiger partial charge in [0.05, 0.1) is 18.4 Å². The van der Waals surface area contributed by atoms with E-state index in [0.29, 0.717) is 6.61 Å². The van der Waals surface area contributed by atoms with E-state index >= 15 is 0 Å². The fourth-order valence-corrected chi connectivity index (χ4v) is 3.96. The summed E-state index contributed by atoms with van der Waals surface area (Å²) in [5.41, 5.74) is 3.86. The number of aromatic hydroxyl groups is 1. The number of aromatic nitrogens is 1. The highest BCUT2D eigenvalue weighted by Gasteiger charge is 2.42. The summed E-state index contributed by atoms with van der Waals surface area (Å²) in [6.45, 7) is 2.53. The van der Waals surface area contributed by atoms with Crippen molar-refractivity contribution in [1.82, 2.24) is 9.99 Å². The molecule has 0 unspecified atom stereocenters. The molecule has 3 aromatic rings. The van der Waals surface area contributed by atoms with Gasteiger partial charge in [0.1, 0.15) is 5.75 Å². The predicted molar refractivity (Wildman–Crippen MR) is 109 cm³/mol. The van der Waals surface area contributed by atoms with E-state index in [9.17, 15) is 5.11 Å². The molecule has 0 spiro atoms. The molecule has 1 aromatic heterocycles. The normalized spacial score (nSPS) is 19.8. The minimum absolute atomic E-state index is 0.0228. The van der Waals surface area contributed by atoms with Crippen molar-refractivity contribution in [2.24, 2.45) is 5.10 Å². The Bertz CT molecular complexity index is 1070. The first-order chi connectivity index (χ1) is 14.2. The third kappa shape index (κ3) is 3.06. The molecule has 5 rings (SSSR count). The Hall–Kier alpha value is -3.54. The summed E-state index contributed by atoms with van der Waals surface area (Å²) in [5, 5.41) is 16.8. The first kappa shape index (κ1) is 17.6. The second-order valence-electron chi connectivity index (χ2n) is 7.06. The van der Waals surface area contributed by atoms with Crippen molar-refractivity contribution in [3.8, 4) is 17.2 Å². The lowest BCUT2D eigenvalue weighted by Crippen LogP contribution is -2.33. The van der Waals surface area contributed by atoms with Crippen molar-refractivity contribution in [2.45, 2.75) is 25.6 Å². The third-order valence-corrected chi connectivity index (χ3v) is 5.25. The molecule has 0 aliphatic carbocycles. The molecular formula is C23H21N3O3. The summed E-state index contributed by atoms with van der Waals surface area (Å²) < 4.78 is 12.3. The summed E-state index contributed by atoms with van der Waals surface area (Å²) in [6.07, 6.45) is 3.85. The minimum Gasteiger partial charge on any atom is -0.508 e. The van der Waals surface area contributed by atoms with Crippen molar-refractivity contribution in [1.29, 1.82) is 0 Å². The highest BCUT2D eigenvalue weighted by molar-refractivity contribution is 6.02. The SMILES string of the molecule is CCOc1cccc2c1O[C@@H](c1ccncc1)N1N=C(c3cccc(O)c3)C[C@H]21. The molecule has 2 atom stereocenters. The zero-order chi connectivity index (χ0) is 19.8. The maximum atomic E-state index is 9.90. The summed E-state index contributed by atoms with van der Waals surface area (Å²) in [7, 11) is 0. The van der Waals surface area contributed by atoms with Crippen LogP contribution in [0, 0.1) is 0 Å². The second-order valence-corrected chi connectivity index (χ2v) is 7.06. The highest BCUT2D eigenvalue weighted by atomic mass is 16.5. The number of hydrazone groups is 1. The smallest absolute Gasteiger partial charge is 0.214 e. The van der Waals surface area contributed by atoms with Gasteiger partial charge in [0.25, 0.3) is 0 Å². The van der Waals surface area contributed by atoms with Crippen LogP contribution in [-0.2, 0) is 0 Å². The molecule has 2 aromatic carbocycles. The number of para-hydroxylation sites is 1. The maximum absolute atomic E-state index is 9.90. The zero-order valence-electron chi connectivity index (χ0n) is 16.0. The topological polar surface area (TPSA) is 67.2 Å². The Balaban J connectivity index is 1.61. The van der Waals surface area contributed by atoms with Crippen LogP contribution in [0.4, 0.5) is 0 Å². The van der Waals surface area contributed by atoms with Crippen molar-refractivity contribution in [2.75, 3.05) is 6.61 Å². The van der Waals surface area contributed by atoms with Gasteiger partial charge in [-0.1, -0.05) is 24.3 Å². The highest BCUT2D eigenvalue weighted by Crippen LogP contribution is 2.50. The van der Waals surface area contributed by atoms with Crippen molar-refractivity contribution >= 4 is 5.71 Å². The molecular weight excluding hydrogens is 366 g/mol. The lowest BCUT2D eigenvalue weighted by molar-refractivity contribution is -0.0212. The van der Waals surface area contributed by atoms with Crippen LogP contribution in [0.1, 0.15) is 42.3 Å². The summed E-state index contributed by atoms with van der Waals surface area (Å²) in [4.78, 5) is 4.13. The van der Waals surface area contributed by atoms with E-state index in [0.717, 1.165) is 40.3 Å². The van der Waals surface area contributed by atoms with E-state index in [-0.39, 0.29) is 18.0 Å². The van der Waals surface area contributed by atoms with E-state index in [1.165, 1.54) is 0 Å². The van der Waals surface area contributed by atoms with Crippen LogP contribution in [0.25, 0.3) is 0 Å². The number of ether oxygens (including phenoxy) is 2. The van der Waals surface area contributed by atoms with Crippen LogP contribution >= 0.6 is 0 Å². The summed E-state index contributed by atoms with van der Waals surface area (Å²) in [6, 6.07) is 17.1. The third-order valence-electron chi connectivity index (χ3n) is 5.25. The largest absolute Gasteiger partial charge is 0.508 e. The molecule has 0 fully saturated rings. The van der Waals surface area contributed by atoms with E-state index in [4.69, 9.17) is 14.6 Å². The Labute approximate surface area is 169 Å². The van der Waals surface area contributed by atoms with Crippen LogP contribution in [0.15, 0.2) is 72.1 Å². The average Bonchev–Trinajstić information content (AvgIpc) is 3.20. The molecule has 6 nitrogen and oxygen atoms in total. The van der Waals surface area contributed by atoms with Gasteiger partial charge >= 0.3 is 0 Å². The van der Waals surface area contributed by atoms with Gasteiger partial charge in [-0.25, -0.2) is 5.01 Å². The minimum atomic E-state index is -0.382. The Kier molecular flexibility index (Phi) is 4.31. The molecule has 0 bridgehead atoms. The van der Waals surface area contributed by atoms with Gasteiger partial charge in [-0.15, -0.1) is 0 Å². The van der Waals surface area contributed by atoms with E-state index in [2.05, 4.69) is 11.1 Å².